The molecule has 0 aliphatic rings. The minimum Gasteiger partial charge on any atom is -0.485 e. The molecule has 4 nitrogen and oxygen atoms in total. The Morgan fingerprint density at radius 3 is 2.80 bits per heavy atom. The summed E-state index contributed by atoms with van der Waals surface area (Å²) in [5.74, 6) is 0.613. The van der Waals surface area contributed by atoms with Crippen LogP contribution in [0.4, 0.5) is 8.78 Å². The van der Waals surface area contributed by atoms with E-state index in [4.69, 9.17) is 4.74 Å². The number of hydrogen-bond acceptors (Lipinski definition) is 3. The first kappa shape index (κ1) is 14.5. The number of aromatic nitrogens is 2. The van der Waals surface area contributed by atoms with Crippen molar-refractivity contribution in [1.29, 1.82) is 0 Å². The summed E-state index contributed by atoms with van der Waals surface area (Å²) >= 11 is 0. The van der Waals surface area contributed by atoms with Gasteiger partial charge in [-0.15, -0.1) is 0 Å². The molecule has 0 saturated carbocycles. The van der Waals surface area contributed by atoms with E-state index in [1.165, 1.54) is 12.4 Å². The van der Waals surface area contributed by atoms with Gasteiger partial charge in [-0.2, -0.15) is 8.78 Å². The maximum Gasteiger partial charge on any atom is 0.320 e. The number of aliphatic hydroxyl groups is 1. The van der Waals surface area contributed by atoms with Crippen LogP contribution >= 0.6 is 0 Å². The van der Waals surface area contributed by atoms with Crippen molar-refractivity contribution in [2.24, 2.45) is 0 Å². The topological polar surface area (TPSA) is 47.3 Å². The number of rotatable bonds is 5. The van der Waals surface area contributed by atoms with Gasteiger partial charge >= 0.3 is 6.55 Å². The lowest BCUT2D eigenvalue weighted by Crippen LogP contribution is -2.08. The van der Waals surface area contributed by atoms with Gasteiger partial charge in [0.15, 0.2) is 5.82 Å². The van der Waals surface area contributed by atoms with Crippen molar-refractivity contribution < 1.29 is 18.6 Å². The third-order valence-electron chi connectivity index (χ3n) is 2.94. The number of halogens is 2. The fraction of sp³-hybridized carbons (Fsp3) is 0.357. The normalized spacial score (nSPS) is 12.7. The zero-order valence-corrected chi connectivity index (χ0v) is 11.3. The molecule has 1 aromatic carbocycles. The van der Waals surface area contributed by atoms with E-state index < -0.39 is 12.7 Å². The number of aliphatic hydroxyl groups excluding tert-OH is 1. The largest absolute Gasteiger partial charge is 0.485 e. The fourth-order valence-electron chi connectivity index (χ4n) is 1.89. The van der Waals surface area contributed by atoms with Crippen molar-refractivity contribution in [3.8, 4) is 5.75 Å². The Balaban J connectivity index is 2.18. The van der Waals surface area contributed by atoms with Gasteiger partial charge in [-0.05, 0) is 25.5 Å². The molecule has 0 unspecified atom stereocenters. The molecule has 1 aromatic heterocycles. The monoisotopic (exact) mass is 282 g/mol. The lowest BCUT2D eigenvalue weighted by atomic mass is 10.1. The minimum absolute atomic E-state index is 0.0828. The van der Waals surface area contributed by atoms with Crippen LogP contribution in [0.1, 0.15) is 36.5 Å². The molecular weight excluding hydrogens is 266 g/mol. The van der Waals surface area contributed by atoms with E-state index in [9.17, 15) is 13.9 Å². The van der Waals surface area contributed by atoms with Gasteiger partial charge in [-0.3, -0.25) is 4.57 Å². The van der Waals surface area contributed by atoms with Crippen LogP contribution in [0.3, 0.4) is 0 Å². The molecule has 0 aliphatic carbocycles. The highest BCUT2D eigenvalue weighted by Gasteiger charge is 2.14. The first-order chi connectivity index (χ1) is 9.49. The number of aryl methyl sites for hydroxylation is 1. The molecule has 6 heteroatoms. The average molecular weight is 282 g/mol. The van der Waals surface area contributed by atoms with Crippen molar-refractivity contribution in [1.82, 2.24) is 9.55 Å². The number of ether oxygens (including phenoxy) is 1. The van der Waals surface area contributed by atoms with Crippen molar-refractivity contribution in [3.63, 3.8) is 0 Å². The average Bonchev–Trinajstić information content (AvgIpc) is 2.84. The molecule has 0 fully saturated rings. The van der Waals surface area contributed by atoms with Crippen molar-refractivity contribution in [3.05, 3.63) is 47.5 Å². The molecule has 1 heterocycles. The van der Waals surface area contributed by atoms with Gasteiger partial charge in [0, 0.05) is 18.0 Å². The van der Waals surface area contributed by atoms with E-state index in [1.807, 2.05) is 13.0 Å². The molecule has 2 rings (SSSR count). The predicted molar refractivity (Wildman–Crippen MR) is 69.6 cm³/mol. The first-order valence-electron chi connectivity index (χ1n) is 6.20. The van der Waals surface area contributed by atoms with Crippen LogP contribution in [0.5, 0.6) is 5.75 Å². The van der Waals surface area contributed by atoms with E-state index in [2.05, 4.69) is 4.98 Å². The Labute approximate surface area is 115 Å². The number of benzene rings is 1. The number of hydrogen-bond donors (Lipinski definition) is 1. The molecule has 0 saturated heterocycles. The van der Waals surface area contributed by atoms with Crippen molar-refractivity contribution in [2.45, 2.75) is 33.1 Å². The van der Waals surface area contributed by atoms with Gasteiger partial charge in [-0.25, -0.2) is 4.98 Å². The van der Waals surface area contributed by atoms with Crippen LogP contribution in [0.25, 0.3) is 0 Å². The van der Waals surface area contributed by atoms with Gasteiger partial charge in [0.25, 0.3) is 0 Å². The molecule has 1 N–H and O–H groups in total. The van der Waals surface area contributed by atoms with Gasteiger partial charge in [-0.1, -0.05) is 12.1 Å². The zero-order chi connectivity index (χ0) is 14.7. The molecule has 0 aliphatic heterocycles. The molecule has 0 radical (unpaired) electrons. The molecular formula is C14H16F2N2O2. The summed E-state index contributed by atoms with van der Waals surface area (Å²) < 4.78 is 31.7. The SMILES string of the molecule is Cc1ccc([C@H](C)O)c(OCc2nccn2C(F)F)c1. The van der Waals surface area contributed by atoms with Crippen LogP contribution in [-0.2, 0) is 6.61 Å². The number of imidazole rings is 1. The molecule has 0 spiro atoms. The van der Waals surface area contributed by atoms with Crippen LogP contribution in [0.2, 0.25) is 0 Å². The molecule has 0 bridgehead atoms. The van der Waals surface area contributed by atoms with E-state index in [-0.39, 0.29) is 12.4 Å². The van der Waals surface area contributed by atoms with Crippen LogP contribution in [-0.4, -0.2) is 14.7 Å². The quantitative estimate of drug-likeness (QED) is 0.916. The summed E-state index contributed by atoms with van der Waals surface area (Å²) in [6.07, 6.45) is 1.81. The maximum atomic E-state index is 12.7. The second-order valence-electron chi connectivity index (χ2n) is 4.53. The minimum atomic E-state index is -2.65. The summed E-state index contributed by atoms with van der Waals surface area (Å²) in [4.78, 5) is 3.84. The maximum absolute atomic E-state index is 12.7. The van der Waals surface area contributed by atoms with Crippen molar-refractivity contribution in [2.75, 3.05) is 0 Å². The smallest absolute Gasteiger partial charge is 0.320 e. The predicted octanol–water partition coefficient (Wildman–Crippen LogP) is 3.22. The van der Waals surface area contributed by atoms with Gasteiger partial charge in [0.1, 0.15) is 12.4 Å². The summed E-state index contributed by atoms with van der Waals surface area (Å²) in [7, 11) is 0. The van der Waals surface area contributed by atoms with Gasteiger partial charge in [0.2, 0.25) is 0 Å². The number of alkyl halides is 2. The van der Waals surface area contributed by atoms with Crippen LogP contribution in [0, 0.1) is 6.92 Å². The third-order valence-corrected chi connectivity index (χ3v) is 2.94. The highest BCUT2D eigenvalue weighted by molar-refractivity contribution is 5.38. The highest BCUT2D eigenvalue weighted by atomic mass is 19.3. The van der Waals surface area contributed by atoms with E-state index in [1.54, 1.807) is 19.1 Å². The lowest BCUT2D eigenvalue weighted by molar-refractivity contribution is 0.0630. The van der Waals surface area contributed by atoms with Gasteiger partial charge < -0.3 is 9.84 Å². The number of nitrogens with zero attached hydrogens (tertiary/aromatic N) is 2. The lowest BCUT2D eigenvalue weighted by Gasteiger charge is -2.14. The Hall–Kier alpha value is -1.95. The van der Waals surface area contributed by atoms with E-state index in [0.717, 1.165) is 10.1 Å². The molecule has 2 aromatic rings. The summed E-state index contributed by atoms with van der Waals surface area (Å²) in [6.45, 7) is 0.779. The Kier molecular flexibility index (Phi) is 4.34. The third kappa shape index (κ3) is 3.14. The highest BCUT2D eigenvalue weighted by Crippen LogP contribution is 2.27. The Morgan fingerprint density at radius 1 is 1.40 bits per heavy atom. The zero-order valence-electron chi connectivity index (χ0n) is 11.3. The fourth-order valence-corrected chi connectivity index (χ4v) is 1.89. The van der Waals surface area contributed by atoms with Crippen molar-refractivity contribution >= 4 is 0 Å². The Bertz CT molecular complexity index is 582. The molecule has 108 valence electrons. The summed E-state index contributed by atoms with van der Waals surface area (Å²) in [5, 5.41) is 9.67. The van der Waals surface area contributed by atoms with E-state index >= 15 is 0 Å². The molecule has 1 atom stereocenters. The first-order valence-corrected chi connectivity index (χ1v) is 6.20. The standard InChI is InChI=1S/C14H16F2N2O2/c1-9-3-4-11(10(2)19)12(7-9)20-8-13-17-5-6-18(13)14(15)16/h3-7,10,14,19H,8H2,1-2H3/t10-/m0/s1. The second kappa shape index (κ2) is 6.00. The summed E-state index contributed by atoms with van der Waals surface area (Å²) in [6, 6.07) is 5.38. The molecule has 20 heavy (non-hydrogen) atoms. The van der Waals surface area contributed by atoms with Crippen LogP contribution < -0.4 is 4.74 Å². The van der Waals surface area contributed by atoms with Crippen LogP contribution in [0.15, 0.2) is 30.6 Å². The molecule has 0 amide bonds. The Morgan fingerprint density at radius 2 is 2.15 bits per heavy atom. The second-order valence-corrected chi connectivity index (χ2v) is 4.53. The van der Waals surface area contributed by atoms with Gasteiger partial charge in [0.05, 0.1) is 6.10 Å². The summed E-state index contributed by atoms with van der Waals surface area (Å²) in [5.41, 5.74) is 1.58. The van der Waals surface area contributed by atoms with E-state index in [0.29, 0.717) is 11.3 Å².